The Labute approximate surface area is 177 Å². The number of phenolic OH excluding ortho intramolecular Hbond substituents is 1. The van der Waals surface area contributed by atoms with Gasteiger partial charge in [-0.05, 0) is 70.2 Å². The first-order chi connectivity index (χ1) is 12.1. The average molecular weight is 581 g/mol. The van der Waals surface area contributed by atoms with E-state index in [1.54, 1.807) is 22.3 Å². The summed E-state index contributed by atoms with van der Waals surface area (Å²) in [6.45, 7) is 2.69. The number of nitrogens with one attached hydrogen (secondary N) is 1. The van der Waals surface area contributed by atoms with Crippen LogP contribution in [0.5, 0.6) is 5.75 Å². The molecule has 132 valence electrons. The van der Waals surface area contributed by atoms with Gasteiger partial charge in [0.25, 0.3) is 0 Å². The number of nitrogens with zero attached hydrogens (tertiary/aromatic N) is 4. The molecule has 0 radical (unpaired) electrons. The Hall–Kier alpha value is -0.950. The Kier molecular flexibility index (Phi) is 6.49. The molecule has 6 nitrogen and oxygen atoms in total. The molecule has 0 fully saturated rings. The van der Waals surface area contributed by atoms with Gasteiger partial charge in [-0.1, -0.05) is 24.7 Å². The molecular formula is C16H17I2N5OS. The van der Waals surface area contributed by atoms with Gasteiger partial charge in [0.1, 0.15) is 23.4 Å². The number of phenols is 1. The van der Waals surface area contributed by atoms with E-state index in [-0.39, 0.29) is 0 Å². The van der Waals surface area contributed by atoms with Crippen molar-refractivity contribution in [1.82, 2.24) is 19.7 Å². The topological polar surface area (TPSA) is 75.9 Å². The van der Waals surface area contributed by atoms with Crippen molar-refractivity contribution in [1.29, 1.82) is 0 Å². The molecule has 0 amide bonds. The van der Waals surface area contributed by atoms with Crippen molar-refractivity contribution in [2.24, 2.45) is 0 Å². The van der Waals surface area contributed by atoms with Crippen LogP contribution in [0.3, 0.4) is 0 Å². The van der Waals surface area contributed by atoms with Crippen LogP contribution in [0.2, 0.25) is 0 Å². The molecule has 0 aliphatic carbocycles. The van der Waals surface area contributed by atoms with E-state index in [4.69, 9.17) is 4.98 Å². The first kappa shape index (κ1) is 18.8. The predicted molar refractivity (Wildman–Crippen MR) is 117 cm³/mol. The standard InChI is InChI=1S/C16H17I2N5OS/c1-2-3-4-13-15(23-9-19-8-21-23)25-16(22-13)20-7-10-5-11(17)6-12(18)14(10)24/h5-6,8-9,24H,2-4,7H2,1H3,(H,20,22). The maximum Gasteiger partial charge on any atom is 0.185 e. The van der Waals surface area contributed by atoms with Gasteiger partial charge in [0.2, 0.25) is 0 Å². The van der Waals surface area contributed by atoms with Crippen LogP contribution in [0, 0.1) is 7.14 Å². The zero-order valence-corrected chi connectivity index (χ0v) is 18.7. The molecule has 2 N–H and O–H groups in total. The van der Waals surface area contributed by atoms with Crippen molar-refractivity contribution in [2.45, 2.75) is 32.7 Å². The second kappa shape index (κ2) is 8.62. The van der Waals surface area contributed by atoms with Crippen molar-refractivity contribution >= 4 is 61.7 Å². The molecule has 25 heavy (non-hydrogen) atoms. The summed E-state index contributed by atoms with van der Waals surface area (Å²) in [4.78, 5) is 8.76. The number of aromatic nitrogens is 4. The number of hydrogen-bond acceptors (Lipinski definition) is 6. The Balaban J connectivity index is 1.81. The van der Waals surface area contributed by atoms with Gasteiger partial charge >= 0.3 is 0 Å². The molecule has 0 spiro atoms. The Morgan fingerprint density at radius 1 is 1.32 bits per heavy atom. The summed E-state index contributed by atoms with van der Waals surface area (Å²) in [5.74, 6) is 0.327. The number of anilines is 1. The number of thiazole rings is 1. The van der Waals surface area contributed by atoms with E-state index in [1.165, 1.54) is 6.33 Å². The molecule has 0 unspecified atom stereocenters. The number of aryl methyl sites for hydroxylation is 1. The van der Waals surface area contributed by atoms with Crippen LogP contribution in [0.25, 0.3) is 5.00 Å². The maximum absolute atomic E-state index is 10.2. The molecule has 0 atom stereocenters. The van der Waals surface area contributed by atoms with Crippen LogP contribution < -0.4 is 5.32 Å². The normalized spacial score (nSPS) is 11.0. The number of halogens is 2. The first-order valence-corrected chi connectivity index (χ1v) is 10.8. The van der Waals surface area contributed by atoms with E-state index in [0.717, 1.165) is 47.8 Å². The third-order valence-electron chi connectivity index (χ3n) is 3.61. The molecule has 2 heterocycles. The van der Waals surface area contributed by atoms with E-state index in [2.05, 4.69) is 67.5 Å². The monoisotopic (exact) mass is 581 g/mol. The van der Waals surface area contributed by atoms with Crippen LogP contribution in [0.4, 0.5) is 5.13 Å². The SMILES string of the molecule is CCCCc1nc(NCc2cc(I)cc(I)c2O)sc1-n1cncn1. The molecule has 3 rings (SSSR count). The Morgan fingerprint density at radius 2 is 2.16 bits per heavy atom. The lowest BCUT2D eigenvalue weighted by molar-refractivity contribution is 0.465. The van der Waals surface area contributed by atoms with Crippen LogP contribution in [0.15, 0.2) is 24.8 Å². The summed E-state index contributed by atoms with van der Waals surface area (Å²) in [6, 6.07) is 3.93. The number of aromatic hydroxyl groups is 1. The van der Waals surface area contributed by atoms with Crippen molar-refractivity contribution in [3.63, 3.8) is 0 Å². The van der Waals surface area contributed by atoms with Crippen LogP contribution in [0.1, 0.15) is 31.0 Å². The second-order valence-electron chi connectivity index (χ2n) is 5.46. The summed E-state index contributed by atoms with van der Waals surface area (Å²) >= 11 is 5.96. The number of unbranched alkanes of at least 4 members (excludes halogenated alkanes) is 1. The minimum Gasteiger partial charge on any atom is -0.506 e. The maximum atomic E-state index is 10.2. The Bertz CT molecular complexity index is 851. The zero-order chi connectivity index (χ0) is 17.8. The van der Waals surface area contributed by atoms with Gasteiger partial charge in [0.15, 0.2) is 5.13 Å². The van der Waals surface area contributed by atoms with Gasteiger partial charge in [0, 0.05) is 15.7 Å². The third-order valence-corrected chi connectivity index (χ3v) is 6.10. The van der Waals surface area contributed by atoms with Gasteiger partial charge in [0.05, 0.1) is 9.26 Å². The smallest absolute Gasteiger partial charge is 0.185 e. The summed E-state index contributed by atoms with van der Waals surface area (Å²) in [5, 5.41) is 19.6. The summed E-state index contributed by atoms with van der Waals surface area (Å²) < 4.78 is 3.72. The van der Waals surface area contributed by atoms with Crippen molar-refractivity contribution in [3.05, 3.63) is 43.2 Å². The Morgan fingerprint density at radius 3 is 2.88 bits per heavy atom. The molecule has 0 bridgehead atoms. The lowest BCUT2D eigenvalue weighted by Gasteiger charge is -2.08. The summed E-state index contributed by atoms with van der Waals surface area (Å²) in [5.41, 5.74) is 1.89. The van der Waals surface area contributed by atoms with Crippen molar-refractivity contribution in [2.75, 3.05) is 5.32 Å². The van der Waals surface area contributed by atoms with E-state index in [9.17, 15) is 5.11 Å². The van der Waals surface area contributed by atoms with Crippen LogP contribution in [-0.4, -0.2) is 24.9 Å². The van der Waals surface area contributed by atoms with E-state index in [0.29, 0.717) is 12.3 Å². The molecule has 0 saturated heterocycles. The molecule has 1 aromatic carbocycles. The molecular weight excluding hydrogens is 564 g/mol. The molecule has 3 aromatic rings. The van der Waals surface area contributed by atoms with Crippen molar-refractivity contribution < 1.29 is 5.11 Å². The average Bonchev–Trinajstić information content (AvgIpc) is 3.24. The highest BCUT2D eigenvalue weighted by atomic mass is 127. The molecule has 0 saturated carbocycles. The molecule has 0 aliphatic rings. The highest BCUT2D eigenvalue weighted by molar-refractivity contribution is 14.1. The number of hydrogen-bond donors (Lipinski definition) is 2. The minimum absolute atomic E-state index is 0.327. The van der Waals surface area contributed by atoms with Crippen molar-refractivity contribution in [3.8, 4) is 10.8 Å². The predicted octanol–water partition coefficient (Wildman–Crippen LogP) is 4.59. The van der Waals surface area contributed by atoms with Crippen LogP contribution >= 0.6 is 56.5 Å². The number of rotatable bonds is 7. The van der Waals surface area contributed by atoms with Crippen LogP contribution in [-0.2, 0) is 13.0 Å². The van der Waals surface area contributed by atoms with Gasteiger partial charge in [-0.25, -0.2) is 14.6 Å². The van der Waals surface area contributed by atoms with Gasteiger partial charge in [-0.2, -0.15) is 5.10 Å². The summed E-state index contributed by atoms with van der Waals surface area (Å²) in [7, 11) is 0. The lowest BCUT2D eigenvalue weighted by Crippen LogP contribution is -2.01. The second-order valence-corrected chi connectivity index (χ2v) is 8.85. The van der Waals surface area contributed by atoms with E-state index >= 15 is 0 Å². The largest absolute Gasteiger partial charge is 0.506 e. The molecule has 9 heteroatoms. The van der Waals surface area contributed by atoms with Gasteiger partial charge in [-0.15, -0.1) is 0 Å². The first-order valence-electron chi connectivity index (χ1n) is 7.84. The van der Waals surface area contributed by atoms with Gasteiger partial charge in [-0.3, -0.25) is 0 Å². The fourth-order valence-corrected chi connectivity index (χ4v) is 5.25. The fourth-order valence-electron chi connectivity index (χ4n) is 2.34. The highest BCUT2D eigenvalue weighted by Crippen LogP contribution is 2.30. The highest BCUT2D eigenvalue weighted by Gasteiger charge is 2.14. The quantitative estimate of drug-likeness (QED) is 0.400. The van der Waals surface area contributed by atoms with E-state index < -0.39 is 0 Å². The fraction of sp³-hybridized carbons (Fsp3) is 0.312. The minimum atomic E-state index is 0.327. The third kappa shape index (κ3) is 4.61. The summed E-state index contributed by atoms with van der Waals surface area (Å²) in [6.07, 6.45) is 6.34. The molecule has 2 aromatic heterocycles. The van der Waals surface area contributed by atoms with Gasteiger partial charge < -0.3 is 10.4 Å². The number of benzene rings is 1. The van der Waals surface area contributed by atoms with E-state index in [1.807, 2.05) is 12.1 Å². The zero-order valence-electron chi connectivity index (χ0n) is 13.5. The molecule has 0 aliphatic heterocycles. The lowest BCUT2D eigenvalue weighted by atomic mass is 10.2.